The SMILES string of the molecule is COc1ccc(Nc2nc(/C=C3/SCCN3C(=O)c3cccs3)cs2)cc1. The van der Waals surface area contributed by atoms with Gasteiger partial charge in [-0.25, -0.2) is 4.98 Å². The highest BCUT2D eigenvalue weighted by atomic mass is 32.2. The molecule has 1 aliphatic rings. The van der Waals surface area contributed by atoms with Crippen LogP contribution in [-0.4, -0.2) is 35.2 Å². The van der Waals surface area contributed by atoms with Crippen LogP contribution in [0.2, 0.25) is 0 Å². The molecule has 4 rings (SSSR count). The van der Waals surface area contributed by atoms with E-state index in [1.54, 1.807) is 18.9 Å². The van der Waals surface area contributed by atoms with Crippen molar-refractivity contribution in [2.45, 2.75) is 0 Å². The van der Waals surface area contributed by atoms with Crippen molar-refractivity contribution in [3.05, 3.63) is 62.8 Å². The molecule has 1 aliphatic heterocycles. The lowest BCUT2D eigenvalue weighted by atomic mass is 10.3. The van der Waals surface area contributed by atoms with Gasteiger partial charge < -0.3 is 15.0 Å². The first kappa shape index (κ1) is 18.1. The molecule has 2 aromatic heterocycles. The minimum Gasteiger partial charge on any atom is -0.497 e. The fourth-order valence-corrected chi connectivity index (χ4v) is 5.00. The van der Waals surface area contributed by atoms with Gasteiger partial charge in [0.15, 0.2) is 5.13 Å². The number of carbonyl (C=O) groups is 1. The summed E-state index contributed by atoms with van der Waals surface area (Å²) < 4.78 is 5.17. The summed E-state index contributed by atoms with van der Waals surface area (Å²) in [6.07, 6.45) is 1.98. The van der Waals surface area contributed by atoms with Gasteiger partial charge in [0.05, 0.1) is 22.7 Å². The first-order valence-electron chi connectivity index (χ1n) is 8.29. The number of thiazole rings is 1. The van der Waals surface area contributed by atoms with E-state index in [9.17, 15) is 4.79 Å². The zero-order valence-corrected chi connectivity index (χ0v) is 17.0. The lowest BCUT2D eigenvalue weighted by molar-refractivity contribution is 0.0835. The summed E-state index contributed by atoms with van der Waals surface area (Å²) >= 11 is 4.70. The standard InChI is InChI=1S/C19H17N3O2S3/c1-24-15-6-4-13(5-7-15)20-19-21-14(12-27-19)11-17-22(8-10-26-17)18(23)16-3-2-9-25-16/h2-7,9,11-12H,8,10H2,1H3,(H,20,21)/b17-11+. The monoisotopic (exact) mass is 415 g/mol. The fraction of sp³-hybridized carbons (Fsp3) is 0.158. The van der Waals surface area contributed by atoms with E-state index in [4.69, 9.17) is 4.74 Å². The molecule has 0 aliphatic carbocycles. The van der Waals surface area contributed by atoms with E-state index in [-0.39, 0.29) is 5.91 Å². The molecule has 0 saturated carbocycles. The molecule has 138 valence electrons. The highest BCUT2D eigenvalue weighted by Gasteiger charge is 2.26. The maximum atomic E-state index is 12.6. The van der Waals surface area contributed by atoms with E-state index in [2.05, 4.69) is 10.3 Å². The van der Waals surface area contributed by atoms with Crippen LogP contribution in [-0.2, 0) is 0 Å². The third-order valence-electron chi connectivity index (χ3n) is 3.94. The van der Waals surface area contributed by atoms with Crippen LogP contribution in [0.5, 0.6) is 5.75 Å². The van der Waals surface area contributed by atoms with Crippen molar-refractivity contribution in [3.8, 4) is 5.75 Å². The van der Waals surface area contributed by atoms with E-state index < -0.39 is 0 Å². The van der Waals surface area contributed by atoms with E-state index in [0.717, 1.165) is 44.5 Å². The van der Waals surface area contributed by atoms with Gasteiger partial charge in [-0.2, -0.15) is 0 Å². The Hall–Kier alpha value is -2.29. The Labute approximate surface area is 169 Å². The molecule has 1 saturated heterocycles. The van der Waals surface area contributed by atoms with Crippen LogP contribution in [0.25, 0.3) is 6.08 Å². The number of anilines is 2. The van der Waals surface area contributed by atoms with Crippen LogP contribution in [0.1, 0.15) is 15.4 Å². The Morgan fingerprint density at radius 2 is 2.11 bits per heavy atom. The number of hydrogen-bond donors (Lipinski definition) is 1. The third-order valence-corrected chi connectivity index (χ3v) is 6.60. The predicted octanol–water partition coefficient (Wildman–Crippen LogP) is 5.14. The largest absolute Gasteiger partial charge is 0.497 e. The van der Waals surface area contributed by atoms with Crippen LogP contribution >= 0.6 is 34.4 Å². The summed E-state index contributed by atoms with van der Waals surface area (Å²) in [7, 11) is 1.65. The average molecular weight is 416 g/mol. The summed E-state index contributed by atoms with van der Waals surface area (Å²) in [6.45, 7) is 0.730. The molecule has 0 unspecified atom stereocenters. The summed E-state index contributed by atoms with van der Waals surface area (Å²) in [5, 5.41) is 8.98. The number of hydrogen-bond acceptors (Lipinski definition) is 7. The lowest BCUT2D eigenvalue weighted by Gasteiger charge is -2.15. The van der Waals surface area contributed by atoms with Gasteiger partial charge in [0.1, 0.15) is 5.75 Å². The smallest absolute Gasteiger partial charge is 0.268 e. The number of thiophene rings is 1. The van der Waals surface area contributed by atoms with Gasteiger partial charge in [-0.05, 0) is 41.8 Å². The van der Waals surface area contributed by atoms with Crippen molar-refractivity contribution < 1.29 is 9.53 Å². The van der Waals surface area contributed by atoms with Crippen molar-refractivity contribution in [2.24, 2.45) is 0 Å². The first-order valence-corrected chi connectivity index (χ1v) is 11.0. The molecule has 1 N–H and O–H groups in total. The Balaban J connectivity index is 1.48. The molecule has 1 aromatic carbocycles. The molecular formula is C19H17N3O2S3. The second-order valence-electron chi connectivity index (χ2n) is 5.70. The molecule has 3 aromatic rings. The van der Waals surface area contributed by atoms with E-state index in [1.165, 1.54) is 22.7 Å². The third kappa shape index (κ3) is 4.18. The predicted molar refractivity (Wildman–Crippen MR) is 114 cm³/mol. The second-order valence-corrected chi connectivity index (χ2v) is 8.62. The van der Waals surface area contributed by atoms with E-state index in [0.29, 0.717) is 0 Å². The molecule has 0 radical (unpaired) electrons. The molecule has 0 atom stereocenters. The van der Waals surface area contributed by atoms with Crippen molar-refractivity contribution in [3.63, 3.8) is 0 Å². The highest BCUT2D eigenvalue weighted by molar-refractivity contribution is 8.03. The van der Waals surface area contributed by atoms with Crippen molar-refractivity contribution in [2.75, 3.05) is 24.7 Å². The quantitative estimate of drug-likeness (QED) is 0.625. The van der Waals surface area contributed by atoms with Gasteiger partial charge in [-0.15, -0.1) is 34.4 Å². The number of thioether (sulfide) groups is 1. The number of benzene rings is 1. The van der Waals surface area contributed by atoms with Gasteiger partial charge >= 0.3 is 0 Å². The number of methoxy groups -OCH3 is 1. The second kappa shape index (κ2) is 8.16. The minimum absolute atomic E-state index is 0.0630. The summed E-state index contributed by atoms with van der Waals surface area (Å²) in [6, 6.07) is 11.5. The number of carbonyl (C=O) groups excluding carboxylic acids is 1. The zero-order chi connectivity index (χ0) is 18.6. The number of nitrogens with one attached hydrogen (secondary N) is 1. The molecule has 0 spiro atoms. The normalized spacial score (nSPS) is 15.3. The number of nitrogens with zero attached hydrogens (tertiary/aromatic N) is 2. The number of aromatic nitrogens is 1. The van der Waals surface area contributed by atoms with Crippen molar-refractivity contribution in [1.29, 1.82) is 0 Å². The number of ether oxygens (including phenoxy) is 1. The Bertz CT molecular complexity index is 949. The molecule has 0 bridgehead atoms. The highest BCUT2D eigenvalue weighted by Crippen LogP contribution is 2.33. The van der Waals surface area contributed by atoms with Gasteiger partial charge in [0, 0.05) is 23.4 Å². The minimum atomic E-state index is 0.0630. The summed E-state index contributed by atoms with van der Waals surface area (Å²) in [4.78, 5) is 19.9. The van der Waals surface area contributed by atoms with Crippen LogP contribution in [0.4, 0.5) is 10.8 Å². The van der Waals surface area contributed by atoms with Gasteiger partial charge in [0.2, 0.25) is 0 Å². The fourth-order valence-electron chi connectivity index (χ4n) is 2.62. The Morgan fingerprint density at radius 3 is 2.85 bits per heavy atom. The van der Waals surface area contributed by atoms with Crippen molar-refractivity contribution >= 4 is 57.2 Å². The van der Waals surface area contributed by atoms with E-state index in [1.807, 2.05) is 58.1 Å². The maximum Gasteiger partial charge on any atom is 0.268 e. The van der Waals surface area contributed by atoms with Crippen LogP contribution < -0.4 is 10.1 Å². The Kier molecular flexibility index (Phi) is 5.47. The molecule has 27 heavy (non-hydrogen) atoms. The van der Waals surface area contributed by atoms with Crippen LogP contribution in [0, 0.1) is 0 Å². The average Bonchev–Trinajstić information content (AvgIpc) is 3.44. The summed E-state index contributed by atoms with van der Waals surface area (Å²) in [5.41, 5.74) is 1.80. The maximum absolute atomic E-state index is 12.6. The molecule has 1 fully saturated rings. The number of amides is 1. The van der Waals surface area contributed by atoms with Gasteiger partial charge in [-0.1, -0.05) is 6.07 Å². The molecule has 8 heteroatoms. The van der Waals surface area contributed by atoms with Gasteiger partial charge in [-0.3, -0.25) is 4.79 Å². The molecule has 3 heterocycles. The lowest BCUT2D eigenvalue weighted by Crippen LogP contribution is -2.25. The van der Waals surface area contributed by atoms with E-state index >= 15 is 0 Å². The van der Waals surface area contributed by atoms with Crippen LogP contribution in [0.3, 0.4) is 0 Å². The first-order chi connectivity index (χ1) is 13.2. The van der Waals surface area contributed by atoms with Crippen molar-refractivity contribution in [1.82, 2.24) is 9.88 Å². The number of rotatable bonds is 5. The topological polar surface area (TPSA) is 54.5 Å². The molecule has 1 amide bonds. The summed E-state index contributed by atoms with van der Waals surface area (Å²) in [5.74, 6) is 1.79. The zero-order valence-electron chi connectivity index (χ0n) is 14.5. The van der Waals surface area contributed by atoms with Crippen LogP contribution in [0.15, 0.2) is 52.2 Å². The van der Waals surface area contributed by atoms with Gasteiger partial charge in [0.25, 0.3) is 5.91 Å². The molecular weight excluding hydrogens is 398 g/mol. The molecule has 5 nitrogen and oxygen atoms in total. The Morgan fingerprint density at radius 1 is 1.26 bits per heavy atom.